The summed E-state index contributed by atoms with van der Waals surface area (Å²) in [6, 6.07) is 30.8. The van der Waals surface area contributed by atoms with Gasteiger partial charge in [-0.25, -0.2) is 0 Å². The van der Waals surface area contributed by atoms with E-state index in [4.69, 9.17) is 14.2 Å². The molecule has 8 atom stereocenters. The van der Waals surface area contributed by atoms with Crippen molar-refractivity contribution in [1.29, 1.82) is 0 Å². The minimum absolute atomic E-state index is 0.0338. The highest BCUT2D eigenvalue weighted by molar-refractivity contribution is 5.95. The Kier molecular flexibility index (Phi) is 6.80. The van der Waals surface area contributed by atoms with E-state index in [1.54, 1.807) is 0 Å². The summed E-state index contributed by atoms with van der Waals surface area (Å²) in [5.74, 6) is -0.609. The Labute approximate surface area is 278 Å². The molecule has 3 aromatic rings. The normalized spacial score (nSPS) is 36.3. The molecule has 3 aromatic carbocycles. The first-order valence-corrected chi connectivity index (χ1v) is 17.2. The van der Waals surface area contributed by atoms with Gasteiger partial charge >= 0.3 is 0 Å². The first-order valence-electron chi connectivity index (χ1n) is 17.2. The zero-order chi connectivity index (χ0) is 33.0. The molecule has 2 spiro atoms. The van der Waals surface area contributed by atoms with Crippen molar-refractivity contribution in [3.63, 3.8) is 0 Å². The topological polar surface area (TPSA) is 65.0 Å². The molecule has 3 fully saturated rings. The number of carbonyl (C=O) groups is 1. The largest absolute Gasteiger partial charge is 0.385 e. The van der Waals surface area contributed by atoms with Crippen LogP contribution in [0.3, 0.4) is 0 Å². The zero-order valence-corrected chi connectivity index (χ0v) is 28.3. The maximum Gasteiger partial charge on any atom is 0.164 e. The van der Waals surface area contributed by atoms with Crippen molar-refractivity contribution in [2.75, 3.05) is 6.61 Å². The van der Waals surface area contributed by atoms with Gasteiger partial charge in [-0.05, 0) is 78.2 Å². The van der Waals surface area contributed by atoms with E-state index in [1.165, 1.54) is 0 Å². The molecule has 2 saturated carbocycles. The van der Waals surface area contributed by atoms with Crippen LogP contribution in [0.2, 0.25) is 0 Å². The highest BCUT2D eigenvalue weighted by Gasteiger charge is 2.79. The lowest BCUT2D eigenvalue weighted by atomic mass is 9.59. The fraction of sp³-hybridized carbons (Fsp3) is 0.452. The summed E-state index contributed by atoms with van der Waals surface area (Å²) in [6.45, 7) is 12.7. The zero-order valence-electron chi connectivity index (χ0n) is 28.3. The molecular formula is C42H46O5. The van der Waals surface area contributed by atoms with Gasteiger partial charge in [0, 0.05) is 5.92 Å². The number of aliphatic hydroxyl groups excluding tert-OH is 1. The van der Waals surface area contributed by atoms with E-state index < -0.39 is 34.6 Å². The number of hydrogen-bond acceptors (Lipinski definition) is 5. The third-order valence-corrected chi connectivity index (χ3v) is 12.5. The minimum atomic E-state index is -1.29. The quantitative estimate of drug-likeness (QED) is 0.224. The molecule has 5 nitrogen and oxygen atoms in total. The Morgan fingerprint density at radius 2 is 1.40 bits per heavy atom. The number of benzene rings is 3. The van der Waals surface area contributed by atoms with Crippen molar-refractivity contribution in [2.45, 2.75) is 77.2 Å². The number of Topliss-reactive ketones (excluding diaryl/α,β-unsaturated/α-hetero) is 1. The third kappa shape index (κ3) is 4.07. The molecule has 0 unspecified atom stereocenters. The Hall–Kier alpha value is -3.35. The van der Waals surface area contributed by atoms with Gasteiger partial charge in [0.05, 0.1) is 12.0 Å². The molecule has 8 rings (SSSR count). The molecule has 1 heterocycles. The van der Waals surface area contributed by atoms with E-state index in [1.807, 2.05) is 75.4 Å². The maximum atomic E-state index is 15.3. The molecule has 4 aliphatic carbocycles. The van der Waals surface area contributed by atoms with Gasteiger partial charge in [0.25, 0.3) is 0 Å². The Morgan fingerprint density at radius 1 is 0.872 bits per heavy atom. The number of ketones is 1. The van der Waals surface area contributed by atoms with E-state index in [9.17, 15) is 5.11 Å². The molecule has 0 radical (unpaired) electrons. The van der Waals surface area contributed by atoms with Crippen LogP contribution in [-0.4, -0.2) is 41.1 Å². The van der Waals surface area contributed by atoms with Crippen molar-refractivity contribution in [1.82, 2.24) is 0 Å². The molecule has 1 saturated heterocycles. The average molecular weight is 631 g/mol. The average Bonchev–Trinajstić information content (AvgIpc) is 3.37. The van der Waals surface area contributed by atoms with Gasteiger partial charge in [-0.1, -0.05) is 124 Å². The molecule has 1 N–H and O–H groups in total. The van der Waals surface area contributed by atoms with E-state index in [0.29, 0.717) is 11.5 Å². The van der Waals surface area contributed by atoms with Gasteiger partial charge in [0.1, 0.15) is 23.4 Å². The van der Waals surface area contributed by atoms with Crippen LogP contribution in [-0.2, 0) is 24.6 Å². The summed E-state index contributed by atoms with van der Waals surface area (Å²) < 4.78 is 20.9. The second kappa shape index (κ2) is 10.3. The maximum absolute atomic E-state index is 15.3. The van der Waals surface area contributed by atoms with Crippen LogP contribution in [0.1, 0.15) is 64.7 Å². The van der Waals surface area contributed by atoms with Crippen molar-refractivity contribution in [3.05, 3.63) is 131 Å². The number of carbonyl (C=O) groups excluding carboxylic acids is 1. The highest BCUT2D eigenvalue weighted by atomic mass is 16.8. The Balaban J connectivity index is 1.31. The first-order chi connectivity index (χ1) is 22.4. The molecule has 5 heteroatoms. The van der Waals surface area contributed by atoms with E-state index >= 15 is 4.79 Å². The molecule has 244 valence electrons. The molecule has 5 aliphatic rings. The van der Waals surface area contributed by atoms with Crippen molar-refractivity contribution < 1.29 is 24.1 Å². The van der Waals surface area contributed by atoms with Crippen LogP contribution in [0.5, 0.6) is 0 Å². The van der Waals surface area contributed by atoms with Crippen molar-refractivity contribution >= 4 is 5.78 Å². The Morgan fingerprint density at radius 3 is 1.94 bits per heavy atom. The van der Waals surface area contributed by atoms with Gasteiger partial charge in [-0.3, -0.25) is 4.79 Å². The third-order valence-electron chi connectivity index (χ3n) is 12.5. The van der Waals surface area contributed by atoms with E-state index in [0.717, 1.165) is 28.7 Å². The molecular weight excluding hydrogens is 584 g/mol. The van der Waals surface area contributed by atoms with Crippen molar-refractivity contribution in [3.8, 4) is 0 Å². The number of fused-ring (bicyclic) bond motifs is 3. The first kappa shape index (κ1) is 31.0. The van der Waals surface area contributed by atoms with Crippen LogP contribution >= 0.6 is 0 Å². The van der Waals surface area contributed by atoms with E-state index in [-0.39, 0.29) is 35.6 Å². The highest BCUT2D eigenvalue weighted by Crippen LogP contribution is 2.73. The van der Waals surface area contributed by atoms with Crippen LogP contribution in [0.15, 0.2) is 114 Å². The molecule has 0 amide bonds. The monoisotopic (exact) mass is 630 g/mol. The predicted molar refractivity (Wildman–Crippen MR) is 181 cm³/mol. The predicted octanol–water partition coefficient (Wildman–Crippen LogP) is 7.63. The summed E-state index contributed by atoms with van der Waals surface area (Å²) in [4.78, 5) is 15.3. The fourth-order valence-corrected chi connectivity index (χ4v) is 10.4. The van der Waals surface area contributed by atoms with E-state index in [2.05, 4.69) is 69.3 Å². The van der Waals surface area contributed by atoms with Gasteiger partial charge in [0.2, 0.25) is 0 Å². The second-order valence-corrected chi connectivity index (χ2v) is 15.7. The van der Waals surface area contributed by atoms with Crippen LogP contribution in [0, 0.1) is 34.5 Å². The minimum Gasteiger partial charge on any atom is -0.385 e. The second-order valence-electron chi connectivity index (χ2n) is 15.7. The lowest BCUT2D eigenvalue weighted by Gasteiger charge is -2.49. The Bertz CT molecular complexity index is 1660. The lowest BCUT2D eigenvalue weighted by molar-refractivity contribution is -0.215. The molecule has 47 heavy (non-hydrogen) atoms. The van der Waals surface area contributed by atoms with Gasteiger partial charge in [0.15, 0.2) is 11.6 Å². The smallest absolute Gasteiger partial charge is 0.164 e. The van der Waals surface area contributed by atoms with Gasteiger partial charge in [-0.15, -0.1) is 0 Å². The van der Waals surface area contributed by atoms with Crippen molar-refractivity contribution in [2.24, 2.45) is 34.5 Å². The number of ether oxygens (including phenoxy) is 3. The lowest BCUT2D eigenvalue weighted by Crippen LogP contribution is -2.64. The van der Waals surface area contributed by atoms with Gasteiger partial charge < -0.3 is 19.3 Å². The fourth-order valence-electron chi connectivity index (χ4n) is 10.4. The van der Waals surface area contributed by atoms with Crippen LogP contribution in [0.25, 0.3) is 0 Å². The van der Waals surface area contributed by atoms with Gasteiger partial charge in [-0.2, -0.15) is 0 Å². The molecule has 1 aliphatic heterocycles. The summed E-state index contributed by atoms with van der Waals surface area (Å²) in [6.07, 6.45) is 3.43. The standard InChI is InChI=1S/C42H46O5/c1-26-24-40-27(2)22-33-34(38(33,3)4)32(36(40)44)23-28(35(43)42(40)37(26)46-39(5,6)47-42)25-45-41(29-16-10-7-11-17-29,30-18-12-8-13-19-30)31-20-14-9-15-21-31/h7-21,23-24,27,32-35,37,43H,22,25H2,1-6H3/t27-,32+,33-,34+,35-,37+,40-,42+/m1/s1. The van der Waals surface area contributed by atoms with Crippen LogP contribution in [0.4, 0.5) is 0 Å². The SMILES string of the molecule is CC1=C[C@@]23C(=O)[C@@H](C=C(COC(c4ccccc4)(c4ccccc4)c4ccccc4)[C@@H](O)[C@@]24OC(C)(C)O[C@@H]14)[C@H]1[C@@H](C[C@H]3C)C1(C)C. The summed E-state index contributed by atoms with van der Waals surface area (Å²) in [5.41, 5.74) is 1.33. The summed E-state index contributed by atoms with van der Waals surface area (Å²) >= 11 is 0. The molecule has 0 aromatic heterocycles. The number of aliphatic hydroxyl groups is 1. The van der Waals surface area contributed by atoms with Crippen LogP contribution < -0.4 is 0 Å². The molecule has 2 bridgehead atoms. The number of rotatable bonds is 6. The summed E-state index contributed by atoms with van der Waals surface area (Å²) in [5, 5.41) is 12.9. The number of hydrogen-bond donors (Lipinski definition) is 1. The number of allylic oxidation sites excluding steroid dienone is 1. The summed E-state index contributed by atoms with van der Waals surface area (Å²) in [7, 11) is 0.